The monoisotopic (exact) mass is 287 g/mol. The molecule has 0 spiro atoms. The molecule has 1 aromatic carbocycles. The van der Waals surface area contributed by atoms with Gasteiger partial charge >= 0.3 is 0 Å². The molecule has 1 heterocycles. The van der Waals surface area contributed by atoms with E-state index in [2.05, 4.69) is 15.1 Å². The fourth-order valence-corrected chi connectivity index (χ4v) is 1.87. The van der Waals surface area contributed by atoms with Gasteiger partial charge in [0.15, 0.2) is 5.84 Å². The van der Waals surface area contributed by atoms with Crippen molar-refractivity contribution in [1.82, 2.24) is 9.97 Å². The number of rotatable bonds is 5. The summed E-state index contributed by atoms with van der Waals surface area (Å²) in [5.41, 5.74) is 6.82. The fraction of sp³-hybridized carbons (Fsp3) is 0.214. The molecule has 0 amide bonds. The van der Waals surface area contributed by atoms with E-state index in [1.807, 2.05) is 36.2 Å². The van der Waals surface area contributed by atoms with Gasteiger partial charge < -0.3 is 20.6 Å². The third kappa shape index (κ3) is 3.38. The van der Waals surface area contributed by atoms with E-state index in [0.29, 0.717) is 18.1 Å². The standard InChI is InChI=1S/C14H17N5O2/c1-19(9-10-5-3-4-6-12(10)21-2)13-8-16-11(7-17-13)14(15)18-20/h3-8,20H,9H2,1-2H3,(H2,15,18). The third-order valence-corrected chi connectivity index (χ3v) is 3.00. The summed E-state index contributed by atoms with van der Waals surface area (Å²) in [7, 11) is 3.55. The Morgan fingerprint density at radius 3 is 2.71 bits per heavy atom. The minimum Gasteiger partial charge on any atom is -0.496 e. The van der Waals surface area contributed by atoms with E-state index >= 15 is 0 Å². The van der Waals surface area contributed by atoms with Crippen LogP contribution >= 0.6 is 0 Å². The maximum absolute atomic E-state index is 8.59. The first kappa shape index (κ1) is 14.6. The van der Waals surface area contributed by atoms with Crippen LogP contribution in [0.3, 0.4) is 0 Å². The van der Waals surface area contributed by atoms with Crippen LogP contribution in [0, 0.1) is 0 Å². The number of anilines is 1. The molecular formula is C14H17N5O2. The number of amidine groups is 1. The van der Waals surface area contributed by atoms with Crippen LogP contribution in [-0.2, 0) is 6.54 Å². The number of para-hydroxylation sites is 1. The summed E-state index contributed by atoms with van der Waals surface area (Å²) in [4.78, 5) is 10.3. The summed E-state index contributed by atoms with van der Waals surface area (Å²) < 4.78 is 5.32. The normalized spacial score (nSPS) is 11.2. The smallest absolute Gasteiger partial charge is 0.190 e. The molecule has 2 rings (SSSR count). The van der Waals surface area contributed by atoms with Gasteiger partial charge in [0.25, 0.3) is 0 Å². The van der Waals surface area contributed by atoms with E-state index in [1.54, 1.807) is 13.3 Å². The van der Waals surface area contributed by atoms with Crippen LogP contribution < -0.4 is 15.4 Å². The van der Waals surface area contributed by atoms with E-state index < -0.39 is 0 Å². The number of hydrogen-bond donors (Lipinski definition) is 2. The summed E-state index contributed by atoms with van der Waals surface area (Å²) in [5, 5.41) is 11.5. The Hall–Kier alpha value is -2.83. The largest absolute Gasteiger partial charge is 0.496 e. The van der Waals surface area contributed by atoms with E-state index in [9.17, 15) is 0 Å². The Kier molecular flexibility index (Phi) is 4.55. The second kappa shape index (κ2) is 6.56. The molecule has 0 saturated carbocycles. The van der Waals surface area contributed by atoms with Gasteiger partial charge in [-0.3, -0.25) is 0 Å². The molecule has 3 N–H and O–H groups in total. The number of nitrogens with zero attached hydrogens (tertiary/aromatic N) is 4. The highest BCUT2D eigenvalue weighted by molar-refractivity contribution is 5.94. The molecule has 0 aliphatic rings. The first-order valence-electron chi connectivity index (χ1n) is 6.28. The minimum atomic E-state index is -0.0681. The van der Waals surface area contributed by atoms with Gasteiger partial charge in [0.2, 0.25) is 0 Å². The van der Waals surface area contributed by atoms with Gasteiger partial charge in [-0.2, -0.15) is 0 Å². The Labute approximate surface area is 122 Å². The number of ether oxygens (including phenoxy) is 1. The fourth-order valence-electron chi connectivity index (χ4n) is 1.87. The van der Waals surface area contributed by atoms with Crippen LogP contribution in [0.2, 0.25) is 0 Å². The zero-order valence-corrected chi connectivity index (χ0v) is 11.9. The van der Waals surface area contributed by atoms with Crippen molar-refractivity contribution in [3.63, 3.8) is 0 Å². The second-order valence-corrected chi connectivity index (χ2v) is 4.41. The Balaban J connectivity index is 2.15. The van der Waals surface area contributed by atoms with Crippen molar-refractivity contribution in [1.29, 1.82) is 0 Å². The lowest BCUT2D eigenvalue weighted by Crippen LogP contribution is -2.20. The molecule has 7 nitrogen and oxygen atoms in total. The van der Waals surface area contributed by atoms with Gasteiger partial charge in [0.1, 0.15) is 17.3 Å². The lowest BCUT2D eigenvalue weighted by molar-refractivity contribution is 0.318. The molecule has 0 unspecified atom stereocenters. The van der Waals surface area contributed by atoms with E-state index in [4.69, 9.17) is 15.7 Å². The maximum atomic E-state index is 8.59. The van der Waals surface area contributed by atoms with Crippen molar-refractivity contribution in [2.45, 2.75) is 6.54 Å². The minimum absolute atomic E-state index is 0.0681. The first-order chi connectivity index (χ1) is 10.2. The van der Waals surface area contributed by atoms with Crippen LogP contribution in [0.5, 0.6) is 5.75 Å². The molecule has 0 bridgehead atoms. The lowest BCUT2D eigenvalue weighted by atomic mass is 10.2. The van der Waals surface area contributed by atoms with Gasteiger partial charge in [-0.15, -0.1) is 0 Å². The number of nitrogens with two attached hydrogens (primary N) is 1. The molecule has 0 aliphatic carbocycles. The topological polar surface area (TPSA) is 96.9 Å². The molecule has 0 atom stereocenters. The Morgan fingerprint density at radius 1 is 1.33 bits per heavy atom. The zero-order valence-electron chi connectivity index (χ0n) is 11.9. The van der Waals surface area contributed by atoms with Crippen molar-refractivity contribution in [3.05, 3.63) is 47.9 Å². The van der Waals surface area contributed by atoms with Crippen LogP contribution in [0.1, 0.15) is 11.3 Å². The molecule has 1 aromatic heterocycles. The first-order valence-corrected chi connectivity index (χ1v) is 6.28. The molecule has 21 heavy (non-hydrogen) atoms. The maximum Gasteiger partial charge on any atom is 0.190 e. The van der Waals surface area contributed by atoms with Gasteiger partial charge in [0.05, 0.1) is 19.5 Å². The number of hydrogen-bond acceptors (Lipinski definition) is 6. The van der Waals surface area contributed by atoms with Crippen molar-refractivity contribution in [2.24, 2.45) is 10.9 Å². The average molecular weight is 287 g/mol. The lowest BCUT2D eigenvalue weighted by Gasteiger charge is -2.19. The highest BCUT2D eigenvalue weighted by atomic mass is 16.5. The summed E-state index contributed by atoms with van der Waals surface area (Å²) >= 11 is 0. The van der Waals surface area contributed by atoms with Crippen LogP contribution in [-0.4, -0.2) is 35.2 Å². The van der Waals surface area contributed by atoms with Crippen molar-refractivity contribution >= 4 is 11.7 Å². The number of aromatic nitrogens is 2. The van der Waals surface area contributed by atoms with Crippen LogP contribution in [0.15, 0.2) is 41.8 Å². The molecule has 0 radical (unpaired) electrons. The second-order valence-electron chi connectivity index (χ2n) is 4.41. The highest BCUT2D eigenvalue weighted by Gasteiger charge is 2.09. The highest BCUT2D eigenvalue weighted by Crippen LogP contribution is 2.20. The van der Waals surface area contributed by atoms with Gasteiger partial charge in [-0.1, -0.05) is 23.4 Å². The van der Waals surface area contributed by atoms with Crippen LogP contribution in [0.4, 0.5) is 5.82 Å². The molecule has 110 valence electrons. The third-order valence-electron chi connectivity index (χ3n) is 3.00. The van der Waals surface area contributed by atoms with Crippen LogP contribution in [0.25, 0.3) is 0 Å². The summed E-state index contributed by atoms with van der Waals surface area (Å²) in [6.07, 6.45) is 3.03. The number of benzene rings is 1. The molecule has 0 aliphatic heterocycles. The molecule has 2 aromatic rings. The average Bonchev–Trinajstić information content (AvgIpc) is 2.54. The van der Waals surface area contributed by atoms with Crippen molar-refractivity contribution < 1.29 is 9.94 Å². The van der Waals surface area contributed by atoms with E-state index in [1.165, 1.54) is 6.20 Å². The number of methoxy groups -OCH3 is 1. The molecule has 0 saturated heterocycles. The molecule has 0 fully saturated rings. The summed E-state index contributed by atoms with van der Waals surface area (Å²) in [6, 6.07) is 7.79. The van der Waals surface area contributed by atoms with Crippen molar-refractivity contribution in [2.75, 3.05) is 19.1 Å². The Morgan fingerprint density at radius 2 is 2.10 bits per heavy atom. The SMILES string of the molecule is COc1ccccc1CN(C)c1cnc(C(N)=NO)cn1. The predicted molar refractivity (Wildman–Crippen MR) is 79.6 cm³/mol. The predicted octanol–water partition coefficient (Wildman–Crippen LogP) is 1.22. The molecule has 7 heteroatoms. The molecular weight excluding hydrogens is 270 g/mol. The quantitative estimate of drug-likeness (QED) is 0.371. The summed E-state index contributed by atoms with van der Waals surface area (Å²) in [5.74, 6) is 1.43. The van der Waals surface area contributed by atoms with E-state index in [-0.39, 0.29) is 5.84 Å². The number of oxime groups is 1. The zero-order chi connectivity index (χ0) is 15.2. The van der Waals surface area contributed by atoms with Gasteiger partial charge in [-0.05, 0) is 6.07 Å². The Bertz CT molecular complexity index is 628. The van der Waals surface area contributed by atoms with Gasteiger partial charge in [0, 0.05) is 19.2 Å². The summed E-state index contributed by atoms with van der Waals surface area (Å²) in [6.45, 7) is 0.627. The van der Waals surface area contributed by atoms with Gasteiger partial charge in [-0.25, -0.2) is 9.97 Å². The van der Waals surface area contributed by atoms with Crippen molar-refractivity contribution in [3.8, 4) is 5.75 Å². The van der Waals surface area contributed by atoms with E-state index in [0.717, 1.165) is 11.3 Å².